The minimum absolute atomic E-state index is 0.349. The predicted molar refractivity (Wildman–Crippen MR) is 102 cm³/mol. The standard InChI is InChI=1S/C17H15ClFN5S/c1-11-4-2-3-5-15(11)21-17(25)22-16-20-10-24(23-16)9-12-6-7-13(19)8-14(12)18/h2-8,10H,9H2,1H3,(H2,21,22,23,25). The highest BCUT2D eigenvalue weighted by molar-refractivity contribution is 7.80. The van der Waals surface area contributed by atoms with Gasteiger partial charge in [-0.1, -0.05) is 35.9 Å². The first-order chi connectivity index (χ1) is 12.0. The van der Waals surface area contributed by atoms with Gasteiger partial charge >= 0.3 is 0 Å². The smallest absolute Gasteiger partial charge is 0.248 e. The molecule has 0 fully saturated rings. The van der Waals surface area contributed by atoms with Gasteiger partial charge in [0.25, 0.3) is 0 Å². The highest BCUT2D eigenvalue weighted by atomic mass is 35.5. The molecule has 0 radical (unpaired) electrons. The number of anilines is 2. The summed E-state index contributed by atoms with van der Waals surface area (Å²) in [6, 6.07) is 12.1. The number of nitrogens with zero attached hydrogens (tertiary/aromatic N) is 3. The number of hydrogen-bond donors (Lipinski definition) is 2. The van der Waals surface area contributed by atoms with Crippen LogP contribution in [0.3, 0.4) is 0 Å². The molecule has 0 bridgehead atoms. The maximum Gasteiger partial charge on any atom is 0.248 e. The molecule has 0 saturated heterocycles. The van der Waals surface area contributed by atoms with Crippen molar-refractivity contribution in [3.05, 3.63) is 70.8 Å². The Balaban J connectivity index is 1.63. The van der Waals surface area contributed by atoms with Crippen molar-refractivity contribution in [1.29, 1.82) is 0 Å². The van der Waals surface area contributed by atoms with Crippen molar-refractivity contribution in [3.8, 4) is 0 Å². The van der Waals surface area contributed by atoms with E-state index < -0.39 is 0 Å². The van der Waals surface area contributed by atoms with Crippen LogP contribution in [0.5, 0.6) is 0 Å². The van der Waals surface area contributed by atoms with Crippen molar-refractivity contribution in [2.24, 2.45) is 0 Å². The quantitative estimate of drug-likeness (QED) is 0.668. The van der Waals surface area contributed by atoms with Gasteiger partial charge in [0.2, 0.25) is 5.95 Å². The molecule has 1 heterocycles. The molecular formula is C17H15ClFN5S. The van der Waals surface area contributed by atoms with E-state index in [1.54, 1.807) is 17.1 Å². The number of halogens is 2. The molecule has 0 aliphatic heterocycles. The maximum absolute atomic E-state index is 13.1. The number of thiocarbonyl (C=S) groups is 1. The molecule has 128 valence electrons. The molecule has 0 amide bonds. The van der Waals surface area contributed by atoms with Crippen molar-refractivity contribution in [1.82, 2.24) is 14.8 Å². The maximum atomic E-state index is 13.1. The first-order valence-electron chi connectivity index (χ1n) is 7.48. The summed E-state index contributed by atoms with van der Waals surface area (Å²) in [5.74, 6) is -0.00774. The zero-order valence-corrected chi connectivity index (χ0v) is 14.9. The van der Waals surface area contributed by atoms with Crippen molar-refractivity contribution >= 4 is 40.6 Å². The molecule has 0 aliphatic rings. The lowest BCUT2D eigenvalue weighted by molar-refractivity contribution is 0.624. The largest absolute Gasteiger partial charge is 0.332 e. The fourth-order valence-corrected chi connectivity index (χ4v) is 2.65. The average molecular weight is 376 g/mol. The summed E-state index contributed by atoms with van der Waals surface area (Å²) in [5, 5.41) is 11.1. The van der Waals surface area contributed by atoms with Crippen LogP contribution in [-0.2, 0) is 6.54 Å². The molecule has 1 aromatic heterocycles. The number of aromatic nitrogens is 3. The van der Waals surface area contributed by atoms with E-state index >= 15 is 0 Å². The molecule has 0 unspecified atom stereocenters. The molecule has 8 heteroatoms. The summed E-state index contributed by atoms with van der Waals surface area (Å²) in [4.78, 5) is 4.16. The first-order valence-corrected chi connectivity index (χ1v) is 8.27. The van der Waals surface area contributed by atoms with Crippen LogP contribution < -0.4 is 10.6 Å². The van der Waals surface area contributed by atoms with Crippen LogP contribution in [0.15, 0.2) is 48.8 Å². The molecule has 2 N–H and O–H groups in total. The zero-order chi connectivity index (χ0) is 17.8. The monoisotopic (exact) mass is 375 g/mol. The minimum Gasteiger partial charge on any atom is -0.332 e. The molecule has 25 heavy (non-hydrogen) atoms. The Labute approximate surface area is 154 Å². The van der Waals surface area contributed by atoms with E-state index in [0.29, 0.717) is 22.6 Å². The molecule has 3 rings (SSSR count). The summed E-state index contributed by atoms with van der Waals surface area (Å²) < 4.78 is 14.7. The topological polar surface area (TPSA) is 54.8 Å². The van der Waals surface area contributed by atoms with Crippen LogP contribution in [0.25, 0.3) is 0 Å². The molecule has 5 nitrogen and oxygen atoms in total. The second kappa shape index (κ2) is 7.58. The summed E-state index contributed by atoms with van der Waals surface area (Å²) in [5.41, 5.74) is 2.74. The van der Waals surface area contributed by atoms with Gasteiger partial charge in [0.15, 0.2) is 5.11 Å². The Morgan fingerprint density at radius 1 is 1.24 bits per heavy atom. The molecule has 3 aromatic rings. The third-order valence-electron chi connectivity index (χ3n) is 3.50. The SMILES string of the molecule is Cc1ccccc1NC(=S)Nc1ncn(Cc2ccc(F)cc2Cl)n1. The molecular weight excluding hydrogens is 361 g/mol. The van der Waals surface area contributed by atoms with Gasteiger partial charge in [0.1, 0.15) is 12.1 Å². The van der Waals surface area contributed by atoms with E-state index in [-0.39, 0.29) is 5.82 Å². The molecule has 0 atom stereocenters. The van der Waals surface area contributed by atoms with Gasteiger partial charge in [-0.05, 0) is 48.5 Å². The van der Waals surface area contributed by atoms with E-state index in [1.165, 1.54) is 12.1 Å². The van der Waals surface area contributed by atoms with E-state index in [2.05, 4.69) is 20.7 Å². The van der Waals surface area contributed by atoms with Gasteiger partial charge in [-0.25, -0.2) is 14.1 Å². The summed E-state index contributed by atoms with van der Waals surface area (Å²) in [7, 11) is 0. The highest BCUT2D eigenvalue weighted by Crippen LogP contribution is 2.18. The van der Waals surface area contributed by atoms with Crippen molar-refractivity contribution in [2.75, 3.05) is 10.6 Å². The highest BCUT2D eigenvalue weighted by Gasteiger charge is 2.07. The second-order valence-corrected chi connectivity index (χ2v) is 6.21. The Hall–Kier alpha value is -2.51. The number of rotatable bonds is 4. The predicted octanol–water partition coefficient (Wildman–Crippen LogP) is 4.24. The zero-order valence-electron chi connectivity index (χ0n) is 13.3. The fraction of sp³-hybridized carbons (Fsp3) is 0.118. The van der Waals surface area contributed by atoms with Crippen LogP contribution in [0.1, 0.15) is 11.1 Å². The molecule has 0 saturated carbocycles. The minimum atomic E-state index is -0.373. The lowest BCUT2D eigenvalue weighted by Crippen LogP contribution is -2.20. The van der Waals surface area contributed by atoms with Crippen molar-refractivity contribution in [3.63, 3.8) is 0 Å². The lowest BCUT2D eigenvalue weighted by atomic mass is 10.2. The van der Waals surface area contributed by atoms with E-state index in [4.69, 9.17) is 23.8 Å². The number of hydrogen-bond acceptors (Lipinski definition) is 3. The van der Waals surface area contributed by atoms with Crippen LogP contribution >= 0.6 is 23.8 Å². The van der Waals surface area contributed by atoms with Crippen molar-refractivity contribution in [2.45, 2.75) is 13.5 Å². The van der Waals surface area contributed by atoms with Gasteiger partial charge < -0.3 is 5.32 Å². The van der Waals surface area contributed by atoms with Crippen molar-refractivity contribution < 1.29 is 4.39 Å². The van der Waals surface area contributed by atoms with Crippen LogP contribution in [0.4, 0.5) is 16.0 Å². The van der Waals surface area contributed by atoms with Gasteiger partial charge in [0.05, 0.1) is 6.54 Å². The van der Waals surface area contributed by atoms with Crippen LogP contribution in [-0.4, -0.2) is 19.9 Å². The number of nitrogens with one attached hydrogen (secondary N) is 2. The van der Waals surface area contributed by atoms with Gasteiger partial charge in [-0.2, -0.15) is 0 Å². The Bertz CT molecular complexity index is 912. The van der Waals surface area contributed by atoms with E-state index in [0.717, 1.165) is 16.8 Å². The summed E-state index contributed by atoms with van der Waals surface area (Å²) in [6.07, 6.45) is 1.55. The number of benzene rings is 2. The summed E-state index contributed by atoms with van der Waals surface area (Å²) >= 11 is 11.3. The Kier molecular flexibility index (Phi) is 5.25. The molecule has 0 spiro atoms. The van der Waals surface area contributed by atoms with Crippen LogP contribution in [0, 0.1) is 12.7 Å². The van der Waals surface area contributed by atoms with E-state index in [1.807, 2.05) is 31.2 Å². The number of aryl methyl sites for hydroxylation is 1. The van der Waals surface area contributed by atoms with Gasteiger partial charge in [-0.15, -0.1) is 5.10 Å². The molecule has 2 aromatic carbocycles. The lowest BCUT2D eigenvalue weighted by Gasteiger charge is -2.10. The summed E-state index contributed by atoms with van der Waals surface area (Å²) in [6.45, 7) is 2.37. The first kappa shape index (κ1) is 17.3. The van der Waals surface area contributed by atoms with E-state index in [9.17, 15) is 4.39 Å². The Morgan fingerprint density at radius 3 is 2.80 bits per heavy atom. The number of para-hydroxylation sites is 1. The fourth-order valence-electron chi connectivity index (χ4n) is 2.22. The second-order valence-electron chi connectivity index (χ2n) is 5.40. The molecule has 0 aliphatic carbocycles. The average Bonchev–Trinajstić information content (AvgIpc) is 2.99. The third-order valence-corrected chi connectivity index (χ3v) is 4.06. The van der Waals surface area contributed by atoms with Crippen LogP contribution in [0.2, 0.25) is 5.02 Å². The Morgan fingerprint density at radius 2 is 2.04 bits per heavy atom. The van der Waals surface area contributed by atoms with Gasteiger partial charge in [0, 0.05) is 10.7 Å². The normalized spacial score (nSPS) is 10.5. The third kappa shape index (κ3) is 4.52. The van der Waals surface area contributed by atoms with Gasteiger partial charge in [-0.3, -0.25) is 5.32 Å².